The number of aromatic nitrogens is 6. The van der Waals surface area contributed by atoms with Gasteiger partial charge in [-0.2, -0.15) is 4.68 Å². The Balaban J connectivity index is 2.12. The van der Waals surface area contributed by atoms with Crippen LogP contribution in [0, 0.1) is 20.8 Å². The minimum absolute atomic E-state index is 0.645. The molecule has 3 rings (SSSR count). The summed E-state index contributed by atoms with van der Waals surface area (Å²) in [6.07, 6.45) is 1.76. The number of aryl methyl sites for hydroxylation is 3. The molecule has 20 heavy (non-hydrogen) atoms. The lowest BCUT2D eigenvalue weighted by atomic mass is 10.2. The molecule has 0 saturated heterocycles. The average Bonchev–Trinajstić information content (AvgIpc) is 2.88. The van der Waals surface area contributed by atoms with Gasteiger partial charge in [0.25, 0.3) is 0 Å². The molecule has 6 nitrogen and oxygen atoms in total. The van der Waals surface area contributed by atoms with Crippen molar-refractivity contribution in [2.75, 3.05) is 0 Å². The Morgan fingerprint density at radius 1 is 1.00 bits per heavy atom. The Labute approximate surface area is 116 Å². The largest absolute Gasteiger partial charge is 0.241 e. The second-order valence-electron chi connectivity index (χ2n) is 4.67. The second kappa shape index (κ2) is 4.80. The summed E-state index contributed by atoms with van der Waals surface area (Å²) in [6.45, 7) is 5.83. The van der Waals surface area contributed by atoms with Crippen LogP contribution in [0.5, 0.6) is 0 Å². The van der Waals surface area contributed by atoms with Crippen LogP contribution in [0.3, 0.4) is 0 Å². The first-order valence-electron chi connectivity index (χ1n) is 6.31. The molecule has 0 unspecified atom stereocenters. The molecule has 2 heterocycles. The zero-order valence-electron chi connectivity index (χ0n) is 11.6. The lowest BCUT2D eigenvalue weighted by Crippen LogP contribution is -2.02. The summed E-state index contributed by atoms with van der Waals surface area (Å²) < 4.78 is 1.69. The van der Waals surface area contributed by atoms with Crippen LogP contribution in [0.25, 0.3) is 17.1 Å². The number of rotatable bonds is 2. The monoisotopic (exact) mass is 266 g/mol. The first-order valence-corrected chi connectivity index (χ1v) is 6.31. The van der Waals surface area contributed by atoms with E-state index in [0.717, 1.165) is 22.8 Å². The van der Waals surface area contributed by atoms with Gasteiger partial charge in [0, 0.05) is 6.20 Å². The molecule has 0 saturated carbocycles. The van der Waals surface area contributed by atoms with E-state index in [0.29, 0.717) is 5.82 Å². The van der Waals surface area contributed by atoms with Crippen LogP contribution in [-0.4, -0.2) is 30.2 Å². The molecule has 2 aromatic heterocycles. The highest BCUT2D eigenvalue weighted by atomic mass is 15.5. The fourth-order valence-corrected chi connectivity index (χ4v) is 2.02. The van der Waals surface area contributed by atoms with Crippen molar-refractivity contribution >= 4 is 0 Å². The van der Waals surface area contributed by atoms with E-state index in [2.05, 4.69) is 25.5 Å². The highest BCUT2D eigenvalue weighted by Crippen LogP contribution is 2.21. The second-order valence-corrected chi connectivity index (χ2v) is 4.67. The Morgan fingerprint density at radius 3 is 2.45 bits per heavy atom. The van der Waals surface area contributed by atoms with Gasteiger partial charge in [0.05, 0.1) is 16.9 Å². The van der Waals surface area contributed by atoms with E-state index in [1.54, 1.807) is 10.9 Å². The van der Waals surface area contributed by atoms with Crippen molar-refractivity contribution in [1.82, 2.24) is 30.2 Å². The molecule has 0 fully saturated rings. The zero-order valence-corrected chi connectivity index (χ0v) is 11.6. The maximum atomic E-state index is 4.36. The summed E-state index contributed by atoms with van der Waals surface area (Å²) in [6, 6.07) is 8.03. The van der Waals surface area contributed by atoms with E-state index in [9.17, 15) is 0 Å². The van der Waals surface area contributed by atoms with Crippen molar-refractivity contribution < 1.29 is 0 Å². The minimum Gasteiger partial charge on any atom is -0.241 e. The maximum absolute atomic E-state index is 4.36. The topological polar surface area (TPSA) is 69.4 Å². The fourth-order valence-electron chi connectivity index (χ4n) is 2.02. The van der Waals surface area contributed by atoms with Crippen LogP contribution in [0.15, 0.2) is 30.5 Å². The first kappa shape index (κ1) is 12.4. The summed E-state index contributed by atoms with van der Waals surface area (Å²) in [5.41, 5.74) is 3.80. The molecule has 0 atom stereocenters. The molecule has 100 valence electrons. The van der Waals surface area contributed by atoms with Crippen LogP contribution < -0.4 is 0 Å². The molecule has 0 aliphatic heterocycles. The molecular weight excluding hydrogens is 252 g/mol. The van der Waals surface area contributed by atoms with Crippen molar-refractivity contribution in [3.05, 3.63) is 47.5 Å². The smallest absolute Gasteiger partial charge is 0.190 e. The van der Waals surface area contributed by atoms with Crippen molar-refractivity contribution in [2.24, 2.45) is 0 Å². The first-order chi connectivity index (χ1) is 9.65. The van der Waals surface area contributed by atoms with Gasteiger partial charge in [0.15, 0.2) is 5.82 Å². The van der Waals surface area contributed by atoms with Gasteiger partial charge in [0.1, 0.15) is 5.82 Å². The molecule has 6 heteroatoms. The number of hydrogen-bond acceptors (Lipinski definition) is 5. The predicted octanol–water partition coefficient (Wildman–Crippen LogP) is 2.04. The molecular formula is C14H14N6. The number of tetrazole rings is 1. The predicted molar refractivity (Wildman–Crippen MR) is 74.4 cm³/mol. The number of benzene rings is 1. The van der Waals surface area contributed by atoms with Crippen LogP contribution in [0.2, 0.25) is 0 Å². The standard InChI is InChI=1S/C14H14N6/c1-9-4-6-12(7-5-9)20-14(17-18-19-20)13-8-15-11(3)16-10(13)2/h4-8H,1-3H3. The van der Waals surface area contributed by atoms with E-state index < -0.39 is 0 Å². The van der Waals surface area contributed by atoms with Gasteiger partial charge in [-0.05, 0) is 43.3 Å². The van der Waals surface area contributed by atoms with Crippen molar-refractivity contribution in [1.29, 1.82) is 0 Å². The third kappa shape index (κ3) is 2.16. The summed E-state index contributed by atoms with van der Waals surface area (Å²) in [5, 5.41) is 11.9. The Hall–Kier alpha value is -2.63. The van der Waals surface area contributed by atoms with Gasteiger partial charge in [-0.1, -0.05) is 17.7 Å². The highest BCUT2D eigenvalue weighted by Gasteiger charge is 2.14. The lowest BCUT2D eigenvalue weighted by molar-refractivity contribution is 0.790. The molecule has 0 bridgehead atoms. The fraction of sp³-hybridized carbons (Fsp3) is 0.214. The van der Waals surface area contributed by atoms with Crippen LogP contribution in [0.1, 0.15) is 17.1 Å². The van der Waals surface area contributed by atoms with Gasteiger partial charge in [-0.15, -0.1) is 5.10 Å². The van der Waals surface area contributed by atoms with Crippen molar-refractivity contribution in [3.63, 3.8) is 0 Å². The van der Waals surface area contributed by atoms with E-state index in [1.807, 2.05) is 45.0 Å². The average molecular weight is 266 g/mol. The van der Waals surface area contributed by atoms with E-state index in [-0.39, 0.29) is 0 Å². The summed E-state index contributed by atoms with van der Waals surface area (Å²) in [4.78, 5) is 8.58. The molecule has 0 aliphatic carbocycles. The van der Waals surface area contributed by atoms with Gasteiger partial charge in [-0.3, -0.25) is 0 Å². The molecule has 3 aromatic rings. The molecule has 0 N–H and O–H groups in total. The summed E-state index contributed by atoms with van der Waals surface area (Å²) >= 11 is 0. The van der Waals surface area contributed by atoms with Crippen LogP contribution >= 0.6 is 0 Å². The molecule has 0 radical (unpaired) electrons. The third-order valence-electron chi connectivity index (χ3n) is 3.09. The zero-order chi connectivity index (χ0) is 14.1. The van der Waals surface area contributed by atoms with Gasteiger partial charge >= 0.3 is 0 Å². The Morgan fingerprint density at radius 2 is 1.75 bits per heavy atom. The number of hydrogen-bond donors (Lipinski definition) is 0. The number of nitrogens with zero attached hydrogens (tertiary/aromatic N) is 6. The van der Waals surface area contributed by atoms with Crippen LogP contribution in [0.4, 0.5) is 0 Å². The molecule has 1 aromatic carbocycles. The summed E-state index contributed by atoms with van der Waals surface area (Å²) in [5.74, 6) is 1.38. The highest BCUT2D eigenvalue weighted by molar-refractivity contribution is 5.58. The van der Waals surface area contributed by atoms with Gasteiger partial charge in [0.2, 0.25) is 0 Å². The quantitative estimate of drug-likeness (QED) is 0.710. The Bertz CT molecular complexity index is 745. The van der Waals surface area contributed by atoms with Crippen LogP contribution in [-0.2, 0) is 0 Å². The van der Waals surface area contributed by atoms with E-state index >= 15 is 0 Å². The minimum atomic E-state index is 0.645. The van der Waals surface area contributed by atoms with Crippen molar-refractivity contribution in [3.8, 4) is 17.1 Å². The Kier molecular flexibility index (Phi) is 2.98. The third-order valence-corrected chi connectivity index (χ3v) is 3.09. The SMILES string of the molecule is Cc1ccc(-n2nnnc2-c2cnc(C)nc2C)cc1. The molecule has 0 amide bonds. The maximum Gasteiger partial charge on any atom is 0.190 e. The van der Waals surface area contributed by atoms with Gasteiger partial charge in [-0.25, -0.2) is 9.97 Å². The van der Waals surface area contributed by atoms with Crippen molar-refractivity contribution in [2.45, 2.75) is 20.8 Å². The lowest BCUT2D eigenvalue weighted by Gasteiger charge is -2.07. The molecule has 0 spiro atoms. The van der Waals surface area contributed by atoms with E-state index in [1.165, 1.54) is 5.56 Å². The van der Waals surface area contributed by atoms with Gasteiger partial charge < -0.3 is 0 Å². The van der Waals surface area contributed by atoms with E-state index in [4.69, 9.17) is 0 Å². The normalized spacial score (nSPS) is 10.8. The molecule has 0 aliphatic rings. The summed E-state index contributed by atoms with van der Waals surface area (Å²) in [7, 11) is 0.